The fraction of sp³-hybridized carbons (Fsp3) is 0.323. The second kappa shape index (κ2) is 12.1. The molecule has 1 heterocycles. The van der Waals surface area contributed by atoms with Crippen LogP contribution in [0, 0.1) is 0 Å². The number of fused-ring (bicyclic) bond motifs is 1. The van der Waals surface area contributed by atoms with E-state index in [9.17, 15) is 5.11 Å². The Morgan fingerprint density at radius 1 is 0.919 bits per heavy atom. The van der Waals surface area contributed by atoms with Gasteiger partial charge in [-0.25, -0.2) is 4.98 Å². The van der Waals surface area contributed by atoms with Crippen LogP contribution < -0.4 is 9.47 Å². The van der Waals surface area contributed by atoms with Crippen LogP contribution in [-0.2, 0) is 6.42 Å². The smallest absolute Gasteiger partial charge is 0.217 e. The van der Waals surface area contributed by atoms with E-state index in [-0.39, 0.29) is 5.92 Å². The zero-order chi connectivity index (χ0) is 26.4. The lowest BCUT2D eigenvalue weighted by atomic mass is 9.72. The van der Waals surface area contributed by atoms with Gasteiger partial charge >= 0.3 is 0 Å². The maximum absolute atomic E-state index is 12.6. The van der Waals surface area contributed by atoms with Crippen LogP contribution in [0.3, 0.4) is 0 Å². The van der Waals surface area contributed by atoms with E-state index < -0.39 is 5.60 Å². The minimum atomic E-state index is -1.06. The zero-order valence-corrected chi connectivity index (χ0v) is 23.5. The Hall–Kier alpha value is -2.93. The molecule has 4 aromatic rings. The molecule has 1 aromatic heterocycles. The van der Waals surface area contributed by atoms with Crippen LogP contribution in [0.2, 0.25) is 0 Å². The van der Waals surface area contributed by atoms with E-state index in [1.165, 1.54) is 0 Å². The third-order valence-electron chi connectivity index (χ3n) is 6.94. The van der Waals surface area contributed by atoms with Crippen LogP contribution in [0.25, 0.3) is 10.9 Å². The van der Waals surface area contributed by atoms with Gasteiger partial charge in [-0.05, 0) is 80.9 Å². The van der Waals surface area contributed by atoms with Crippen molar-refractivity contribution in [2.24, 2.45) is 0 Å². The average molecular weight is 564 g/mol. The predicted molar refractivity (Wildman–Crippen MR) is 154 cm³/mol. The summed E-state index contributed by atoms with van der Waals surface area (Å²) in [6.07, 6.45) is 1.90. The van der Waals surface area contributed by atoms with E-state index in [2.05, 4.69) is 57.2 Å². The van der Waals surface area contributed by atoms with Gasteiger partial charge in [-0.1, -0.05) is 58.4 Å². The van der Waals surface area contributed by atoms with Crippen LogP contribution >= 0.6 is 15.9 Å². The van der Waals surface area contributed by atoms with Gasteiger partial charge in [0.05, 0.1) is 25.3 Å². The van der Waals surface area contributed by atoms with E-state index in [1.54, 1.807) is 14.2 Å². The summed E-state index contributed by atoms with van der Waals surface area (Å²) >= 11 is 3.59. The molecule has 1 N–H and O–H groups in total. The van der Waals surface area contributed by atoms with Gasteiger partial charge in [0, 0.05) is 27.9 Å². The van der Waals surface area contributed by atoms with Crippen molar-refractivity contribution in [3.63, 3.8) is 0 Å². The number of halogens is 1. The molecule has 0 aliphatic carbocycles. The molecule has 4 rings (SSSR count). The highest BCUT2D eigenvalue weighted by Gasteiger charge is 2.40. The SMILES string of the molecule is COc1ccc(CC[C@@](O)(CCN(C)C)[C@@H](c2ccccc2)c2cc3cc(Br)ccc3nc2OC)cc1. The van der Waals surface area contributed by atoms with E-state index in [4.69, 9.17) is 14.5 Å². The average Bonchev–Trinajstić information content (AvgIpc) is 2.91. The first-order valence-electron chi connectivity index (χ1n) is 12.5. The Kier molecular flexibility index (Phi) is 8.85. The molecular formula is C31H35BrN2O3. The lowest BCUT2D eigenvalue weighted by molar-refractivity contribution is 0.000776. The number of aliphatic hydroxyl groups is 1. The second-order valence-electron chi connectivity index (χ2n) is 9.77. The van der Waals surface area contributed by atoms with Crippen LogP contribution in [0.15, 0.2) is 83.3 Å². The van der Waals surface area contributed by atoms with Crippen molar-refractivity contribution in [3.8, 4) is 11.6 Å². The molecular weight excluding hydrogens is 528 g/mol. The van der Waals surface area contributed by atoms with Crippen molar-refractivity contribution < 1.29 is 14.6 Å². The summed E-state index contributed by atoms with van der Waals surface area (Å²) in [4.78, 5) is 6.97. The largest absolute Gasteiger partial charge is 0.497 e. The molecule has 0 saturated heterocycles. The summed E-state index contributed by atoms with van der Waals surface area (Å²) < 4.78 is 12.1. The highest BCUT2D eigenvalue weighted by Crippen LogP contribution is 2.44. The molecule has 37 heavy (non-hydrogen) atoms. The number of pyridine rings is 1. The van der Waals surface area contributed by atoms with E-state index in [0.29, 0.717) is 18.7 Å². The normalized spacial score (nSPS) is 13.9. The van der Waals surface area contributed by atoms with Gasteiger partial charge in [0.2, 0.25) is 5.88 Å². The summed E-state index contributed by atoms with van der Waals surface area (Å²) in [6.45, 7) is 0.747. The van der Waals surface area contributed by atoms with Crippen molar-refractivity contribution in [1.82, 2.24) is 9.88 Å². The Bertz CT molecular complexity index is 1310. The number of ether oxygens (including phenoxy) is 2. The number of aromatic nitrogens is 1. The van der Waals surface area contributed by atoms with Crippen molar-refractivity contribution >= 4 is 26.8 Å². The Morgan fingerprint density at radius 2 is 1.65 bits per heavy atom. The maximum atomic E-state index is 12.6. The quantitative estimate of drug-likeness (QED) is 0.227. The molecule has 0 spiro atoms. The monoisotopic (exact) mass is 562 g/mol. The number of hydrogen-bond acceptors (Lipinski definition) is 5. The van der Waals surface area contributed by atoms with Crippen LogP contribution in [0.4, 0.5) is 0 Å². The molecule has 0 aliphatic rings. The molecule has 194 valence electrons. The van der Waals surface area contributed by atoms with Gasteiger partial charge in [0.15, 0.2) is 0 Å². The molecule has 0 fully saturated rings. The summed E-state index contributed by atoms with van der Waals surface area (Å²) in [7, 11) is 7.39. The fourth-order valence-electron chi connectivity index (χ4n) is 4.92. The van der Waals surface area contributed by atoms with Gasteiger partial charge in [-0.2, -0.15) is 0 Å². The number of rotatable bonds is 11. The molecule has 0 radical (unpaired) electrons. The third kappa shape index (κ3) is 6.50. The van der Waals surface area contributed by atoms with Crippen molar-refractivity contribution in [1.29, 1.82) is 0 Å². The minimum absolute atomic E-state index is 0.335. The Labute approximate surface area is 228 Å². The summed E-state index contributed by atoms with van der Waals surface area (Å²) in [5.74, 6) is 1.03. The van der Waals surface area contributed by atoms with Crippen molar-refractivity contribution in [3.05, 3.63) is 100 Å². The Morgan fingerprint density at radius 3 is 2.30 bits per heavy atom. The first-order chi connectivity index (χ1) is 17.8. The van der Waals surface area contributed by atoms with Gasteiger partial charge in [-0.3, -0.25) is 0 Å². The van der Waals surface area contributed by atoms with Crippen LogP contribution in [0.5, 0.6) is 11.6 Å². The van der Waals surface area contributed by atoms with Gasteiger partial charge in [-0.15, -0.1) is 0 Å². The van der Waals surface area contributed by atoms with E-state index in [1.807, 2.05) is 56.6 Å². The Balaban J connectivity index is 1.84. The number of nitrogens with zero attached hydrogens (tertiary/aromatic N) is 2. The van der Waals surface area contributed by atoms with Crippen LogP contribution in [0.1, 0.15) is 35.4 Å². The molecule has 0 amide bonds. The standard InChI is InChI=1S/C31H35BrN2O3/c1-34(2)19-18-31(35,17-16-22-10-13-26(36-3)14-11-22)29(23-8-6-5-7-9-23)27-21-24-20-25(32)12-15-28(24)33-30(27)37-4/h5-15,20-21,29,35H,16-19H2,1-4H3/t29-,31+/m0/s1. The molecule has 2 atom stereocenters. The minimum Gasteiger partial charge on any atom is -0.497 e. The lowest BCUT2D eigenvalue weighted by Crippen LogP contribution is -2.40. The summed E-state index contributed by atoms with van der Waals surface area (Å²) in [5.41, 5.74) is 2.87. The van der Waals surface area contributed by atoms with Crippen molar-refractivity contribution in [2.75, 3.05) is 34.9 Å². The number of hydrogen-bond donors (Lipinski definition) is 1. The number of methoxy groups -OCH3 is 2. The molecule has 5 nitrogen and oxygen atoms in total. The summed E-state index contributed by atoms with van der Waals surface area (Å²) in [6, 6.07) is 26.4. The molecule has 3 aromatic carbocycles. The highest BCUT2D eigenvalue weighted by atomic mass is 79.9. The van der Waals surface area contributed by atoms with E-state index >= 15 is 0 Å². The maximum Gasteiger partial charge on any atom is 0.217 e. The predicted octanol–water partition coefficient (Wildman–Crippen LogP) is 6.46. The molecule has 0 bridgehead atoms. The highest BCUT2D eigenvalue weighted by molar-refractivity contribution is 9.10. The third-order valence-corrected chi connectivity index (χ3v) is 7.43. The first-order valence-corrected chi connectivity index (χ1v) is 13.3. The fourth-order valence-corrected chi connectivity index (χ4v) is 5.30. The van der Waals surface area contributed by atoms with Gasteiger partial charge in [0.25, 0.3) is 0 Å². The number of aryl methyl sites for hydroxylation is 1. The lowest BCUT2D eigenvalue weighted by Gasteiger charge is -2.38. The topological polar surface area (TPSA) is 54.8 Å². The summed E-state index contributed by atoms with van der Waals surface area (Å²) in [5, 5.41) is 13.6. The zero-order valence-electron chi connectivity index (χ0n) is 21.9. The van der Waals surface area contributed by atoms with E-state index in [0.717, 1.165) is 50.8 Å². The molecule has 0 aliphatic heterocycles. The van der Waals surface area contributed by atoms with Gasteiger partial charge in [0.1, 0.15) is 5.75 Å². The van der Waals surface area contributed by atoms with Crippen LogP contribution in [-0.4, -0.2) is 55.5 Å². The van der Waals surface area contributed by atoms with Gasteiger partial charge < -0.3 is 19.5 Å². The molecule has 0 saturated carbocycles. The second-order valence-corrected chi connectivity index (χ2v) is 10.7. The first kappa shape index (κ1) is 27.1. The molecule has 6 heteroatoms. The molecule has 0 unspecified atom stereocenters. The van der Waals surface area contributed by atoms with Crippen molar-refractivity contribution in [2.45, 2.75) is 30.8 Å². The number of benzene rings is 3.